The number of fused-ring (bicyclic) bond motifs is 6. The molecule has 0 spiro atoms. The lowest BCUT2D eigenvalue weighted by Gasteiger charge is -2.29. The third-order valence-corrected chi connectivity index (χ3v) is 11.4. The van der Waals surface area contributed by atoms with E-state index < -0.39 is 0 Å². The molecule has 2 aromatic heterocycles. The van der Waals surface area contributed by atoms with Crippen molar-refractivity contribution in [3.8, 4) is 39.5 Å². The molecular formula is C52H36N4. The minimum Gasteiger partial charge on any atom is -0.318 e. The second kappa shape index (κ2) is 13.2. The predicted molar refractivity (Wildman–Crippen MR) is 231 cm³/mol. The fourth-order valence-electron chi connectivity index (χ4n) is 8.70. The first kappa shape index (κ1) is 32.2. The van der Waals surface area contributed by atoms with Gasteiger partial charge in [-0.2, -0.15) is 0 Å². The Hall–Kier alpha value is -7.30. The molecule has 0 fully saturated rings. The SMILES string of the molecule is C1=CC2c3ccccc3N(c3cc(-c4ccccc4)nc(-c4ccccc4)n3)C2C=C1c1ccc(-n2c3ccccc3c3cc(-c4ccccc4)ccc32)cc1. The molecular weight excluding hydrogens is 681 g/mol. The van der Waals surface area contributed by atoms with Gasteiger partial charge in [0, 0.05) is 45.3 Å². The molecule has 2 atom stereocenters. The van der Waals surface area contributed by atoms with Crippen LogP contribution >= 0.6 is 0 Å². The van der Waals surface area contributed by atoms with Gasteiger partial charge >= 0.3 is 0 Å². The van der Waals surface area contributed by atoms with Crippen LogP contribution in [0.15, 0.2) is 206 Å². The maximum atomic E-state index is 5.27. The summed E-state index contributed by atoms with van der Waals surface area (Å²) >= 11 is 0. The lowest BCUT2D eigenvalue weighted by molar-refractivity contribution is 0.740. The molecule has 4 nitrogen and oxygen atoms in total. The van der Waals surface area contributed by atoms with Crippen LogP contribution in [-0.2, 0) is 0 Å². The van der Waals surface area contributed by atoms with E-state index in [1.807, 2.05) is 24.3 Å². The number of rotatable bonds is 6. The Morgan fingerprint density at radius 3 is 1.89 bits per heavy atom. The number of nitrogens with zero attached hydrogens (tertiary/aromatic N) is 4. The molecule has 1 aliphatic carbocycles. The van der Waals surface area contributed by atoms with Gasteiger partial charge in [-0.15, -0.1) is 0 Å². The van der Waals surface area contributed by atoms with Crippen molar-refractivity contribution >= 4 is 38.9 Å². The zero-order valence-corrected chi connectivity index (χ0v) is 30.6. The van der Waals surface area contributed by atoms with Crippen molar-refractivity contribution in [3.05, 3.63) is 217 Å². The maximum Gasteiger partial charge on any atom is 0.162 e. The van der Waals surface area contributed by atoms with Gasteiger partial charge in [0.2, 0.25) is 0 Å². The molecule has 0 N–H and O–H groups in total. The normalized spacial score (nSPS) is 15.9. The van der Waals surface area contributed by atoms with Crippen LogP contribution in [0, 0.1) is 0 Å². The number of aromatic nitrogens is 3. The first-order valence-corrected chi connectivity index (χ1v) is 19.2. The predicted octanol–water partition coefficient (Wildman–Crippen LogP) is 12.8. The summed E-state index contributed by atoms with van der Waals surface area (Å²) in [4.78, 5) is 12.8. The summed E-state index contributed by atoms with van der Waals surface area (Å²) in [5.41, 5.74) is 13.8. The topological polar surface area (TPSA) is 34.0 Å². The molecule has 2 aliphatic rings. The summed E-state index contributed by atoms with van der Waals surface area (Å²) in [5.74, 6) is 1.80. The summed E-state index contributed by atoms with van der Waals surface area (Å²) in [6, 6.07) is 66.9. The van der Waals surface area contributed by atoms with E-state index in [9.17, 15) is 0 Å². The molecule has 0 saturated heterocycles. The van der Waals surface area contributed by atoms with E-state index in [4.69, 9.17) is 9.97 Å². The Labute approximate surface area is 326 Å². The highest BCUT2D eigenvalue weighted by Gasteiger charge is 2.39. The highest BCUT2D eigenvalue weighted by Crippen LogP contribution is 2.49. The highest BCUT2D eigenvalue weighted by atomic mass is 15.3. The first-order valence-electron chi connectivity index (χ1n) is 19.2. The maximum absolute atomic E-state index is 5.27. The van der Waals surface area contributed by atoms with Gasteiger partial charge in [-0.3, -0.25) is 0 Å². The van der Waals surface area contributed by atoms with E-state index in [0.29, 0.717) is 0 Å². The molecule has 1 aliphatic heterocycles. The van der Waals surface area contributed by atoms with E-state index in [0.717, 1.165) is 34.2 Å². The third-order valence-electron chi connectivity index (χ3n) is 11.4. The van der Waals surface area contributed by atoms with Crippen molar-refractivity contribution in [2.24, 2.45) is 0 Å². The summed E-state index contributed by atoms with van der Waals surface area (Å²) in [6.45, 7) is 0. The Bertz CT molecular complexity index is 2900. The average molecular weight is 717 g/mol. The number of anilines is 2. The van der Waals surface area contributed by atoms with Crippen molar-refractivity contribution < 1.29 is 0 Å². The summed E-state index contributed by atoms with van der Waals surface area (Å²) < 4.78 is 2.39. The van der Waals surface area contributed by atoms with Crippen LogP contribution in [0.25, 0.3) is 66.8 Å². The molecule has 9 aromatic rings. The molecule has 0 bridgehead atoms. The second-order valence-corrected chi connectivity index (χ2v) is 14.6. The number of benzene rings is 7. The zero-order valence-electron chi connectivity index (χ0n) is 30.6. The summed E-state index contributed by atoms with van der Waals surface area (Å²) in [5, 5.41) is 2.51. The number of hydrogen-bond acceptors (Lipinski definition) is 3. The van der Waals surface area contributed by atoms with Gasteiger partial charge in [-0.25, -0.2) is 9.97 Å². The van der Waals surface area contributed by atoms with Crippen molar-refractivity contribution in [2.45, 2.75) is 12.0 Å². The molecule has 0 amide bonds. The van der Waals surface area contributed by atoms with Crippen LogP contribution in [-0.4, -0.2) is 20.6 Å². The smallest absolute Gasteiger partial charge is 0.162 e. The van der Waals surface area contributed by atoms with E-state index in [1.54, 1.807) is 0 Å². The average Bonchev–Trinajstić information content (AvgIpc) is 3.79. The fraction of sp³-hybridized carbons (Fsp3) is 0.0385. The molecule has 11 rings (SSSR count). The van der Waals surface area contributed by atoms with E-state index >= 15 is 0 Å². The minimum atomic E-state index is 0.0466. The number of para-hydroxylation sites is 2. The Balaban J connectivity index is 0.992. The van der Waals surface area contributed by atoms with Crippen LogP contribution < -0.4 is 4.90 Å². The number of hydrogen-bond donors (Lipinski definition) is 0. The summed E-state index contributed by atoms with van der Waals surface area (Å²) in [6.07, 6.45) is 7.10. The largest absolute Gasteiger partial charge is 0.318 e. The van der Waals surface area contributed by atoms with Crippen LogP contribution in [0.3, 0.4) is 0 Å². The minimum absolute atomic E-state index is 0.0466. The molecule has 7 aromatic carbocycles. The van der Waals surface area contributed by atoms with E-state index in [-0.39, 0.29) is 12.0 Å². The Kier molecular flexibility index (Phi) is 7.59. The third kappa shape index (κ3) is 5.38. The van der Waals surface area contributed by atoms with Gasteiger partial charge in [0.05, 0.1) is 22.8 Å². The molecule has 56 heavy (non-hydrogen) atoms. The monoisotopic (exact) mass is 716 g/mol. The van der Waals surface area contributed by atoms with E-state index in [2.05, 4.69) is 191 Å². The quantitative estimate of drug-likeness (QED) is 0.172. The standard InChI is InChI=1S/C52H36N4/c1-4-14-35(15-5-1)39-27-31-49-45(32-39)43-21-11-12-22-47(43)55(49)41-28-24-36(25-29-41)40-26-30-44-42-20-10-13-23-48(42)56(50(44)33-40)51-34-46(37-16-6-2-7-17-37)53-52(54-51)38-18-8-3-9-19-38/h1-34,44,50H. The van der Waals surface area contributed by atoms with Crippen molar-refractivity contribution in [2.75, 3.05) is 4.90 Å². The molecule has 3 heterocycles. The molecule has 0 saturated carbocycles. The van der Waals surface area contributed by atoms with E-state index in [1.165, 1.54) is 55.3 Å². The molecule has 2 unspecified atom stereocenters. The number of allylic oxidation sites excluding steroid dienone is 2. The van der Waals surface area contributed by atoms with Crippen LogP contribution in [0.1, 0.15) is 17.0 Å². The van der Waals surface area contributed by atoms with Crippen molar-refractivity contribution in [1.82, 2.24) is 14.5 Å². The zero-order chi connectivity index (χ0) is 37.0. The van der Waals surface area contributed by atoms with Gasteiger partial charge in [-0.05, 0) is 64.2 Å². The molecule has 4 heteroatoms. The summed E-state index contributed by atoms with van der Waals surface area (Å²) in [7, 11) is 0. The van der Waals surface area contributed by atoms with Gasteiger partial charge in [0.25, 0.3) is 0 Å². The van der Waals surface area contributed by atoms with Crippen LogP contribution in [0.5, 0.6) is 0 Å². The van der Waals surface area contributed by atoms with Crippen LogP contribution in [0.4, 0.5) is 11.5 Å². The van der Waals surface area contributed by atoms with Crippen molar-refractivity contribution in [3.63, 3.8) is 0 Å². The lowest BCUT2D eigenvalue weighted by atomic mass is 9.87. The van der Waals surface area contributed by atoms with Crippen molar-refractivity contribution in [1.29, 1.82) is 0 Å². The van der Waals surface area contributed by atoms with Gasteiger partial charge in [0.15, 0.2) is 5.82 Å². The fourth-order valence-corrected chi connectivity index (χ4v) is 8.70. The Morgan fingerprint density at radius 2 is 1.11 bits per heavy atom. The van der Waals surface area contributed by atoms with Gasteiger partial charge < -0.3 is 9.47 Å². The lowest BCUT2D eigenvalue weighted by Crippen LogP contribution is -2.30. The Morgan fingerprint density at radius 1 is 0.464 bits per heavy atom. The van der Waals surface area contributed by atoms with Gasteiger partial charge in [-0.1, -0.05) is 164 Å². The molecule has 0 radical (unpaired) electrons. The second-order valence-electron chi connectivity index (χ2n) is 14.6. The first-order chi connectivity index (χ1) is 27.8. The van der Waals surface area contributed by atoms with Crippen LogP contribution in [0.2, 0.25) is 0 Å². The highest BCUT2D eigenvalue weighted by molar-refractivity contribution is 6.10. The van der Waals surface area contributed by atoms with Gasteiger partial charge in [0.1, 0.15) is 5.82 Å². The molecule has 264 valence electrons.